The summed E-state index contributed by atoms with van der Waals surface area (Å²) < 4.78 is 0. The molecule has 0 radical (unpaired) electrons. The maximum atomic E-state index is 5.26. The van der Waals surface area contributed by atoms with Gasteiger partial charge in [0.1, 0.15) is 0 Å². The minimum Gasteiger partial charge on any atom is -0.366 e. The highest BCUT2D eigenvalue weighted by atomic mass is 32.1. The fourth-order valence-electron chi connectivity index (χ4n) is 2.76. The van der Waals surface area contributed by atoms with Gasteiger partial charge in [0, 0.05) is 32.1 Å². The summed E-state index contributed by atoms with van der Waals surface area (Å²) in [5.74, 6) is 0. The second-order valence-corrected chi connectivity index (χ2v) is 5.10. The van der Waals surface area contributed by atoms with Crippen LogP contribution in [0.3, 0.4) is 0 Å². The fraction of sp³-hybridized carbons (Fsp3) is 0.900. The summed E-state index contributed by atoms with van der Waals surface area (Å²) in [5, 5.41) is 3.98. The minimum absolute atomic E-state index is 0.537. The zero-order chi connectivity index (χ0) is 10.2. The van der Waals surface area contributed by atoms with Gasteiger partial charge in [0.05, 0.1) is 0 Å². The van der Waals surface area contributed by atoms with Crippen molar-refractivity contribution < 1.29 is 0 Å². The third-order valence-electron chi connectivity index (χ3n) is 3.57. The molecule has 2 fully saturated rings. The molecule has 2 saturated heterocycles. The minimum atomic E-state index is 0.537. The molecule has 2 heterocycles. The molecule has 0 aliphatic carbocycles. The number of hydrogen-bond acceptors (Lipinski definition) is 2. The van der Waals surface area contributed by atoms with Gasteiger partial charge >= 0.3 is 0 Å². The summed E-state index contributed by atoms with van der Waals surface area (Å²) in [5.41, 5.74) is 0.537. The highest BCUT2D eigenvalue weighted by Gasteiger charge is 2.42. The molecule has 2 aliphatic heterocycles. The van der Waals surface area contributed by atoms with Crippen LogP contribution >= 0.6 is 12.2 Å². The van der Waals surface area contributed by atoms with Crippen LogP contribution in [-0.2, 0) is 0 Å². The van der Waals surface area contributed by atoms with Gasteiger partial charge in [-0.1, -0.05) is 0 Å². The van der Waals surface area contributed by atoms with Gasteiger partial charge in [0.2, 0.25) is 0 Å². The Kier molecular flexibility index (Phi) is 2.66. The van der Waals surface area contributed by atoms with E-state index in [1.54, 1.807) is 0 Å². The van der Waals surface area contributed by atoms with E-state index in [4.69, 9.17) is 12.2 Å². The van der Waals surface area contributed by atoms with Crippen LogP contribution in [0.5, 0.6) is 0 Å². The second kappa shape index (κ2) is 3.66. The first-order valence-electron chi connectivity index (χ1n) is 5.30. The Morgan fingerprint density at radius 2 is 2.00 bits per heavy atom. The van der Waals surface area contributed by atoms with Crippen molar-refractivity contribution in [2.45, 2.75) is 12.8 Å². The van der Waals surface area contributed by atoms with E-state index in [0.29, 0.717) is 5.41 Å². The lowest BCUT2D eigenvalue weighted by Gasteiger charge is -2.24. The molecule has 3 nitrogen and oxygen atoms in total. The van der Waals surface area contributed by atoms with E-state index in [2.05, 4.69) is 22.2 Å². The van der Waals surface area contributed by atoms with Crippen molar-refractivity contribution in [2.24, 2.45) is 5.41 Å². The summed E-state index contributed by atoms with van der Waals surface area (Å²) in [6, 6.07) is 0. The van der Waals surface area contributed by atoms with Gasteiger partial charge in [0.25, 0.3) is 0 Å². The molecule has 4 heteroatoms. The second-order valence-electron chi connectivity index (χ2n) is 4.71. The van der Waals surface area contributed by atoms with Crippen molar-refractivity contribution >= 4 is 17.3 Å². The number of hydrogen-bond donors (Lipinski definition) is 1. The van der Waals surface area contributed by atoms with Gasteiger partial charge in [-0.3, -0.25) is 0 Å². The Morgan fingerprint density at radius 3 is 2.57 bits per heavy atom. The van der Waals surface area contributed by atoms with Crippen LogP contribution in [0, 0.1) is 5.41 Å². The van der Waals surface area contributed by atoms with E-state index in [1.165, 1.54) is 25.9 Å². The van der Waals surface area contributed by atoms with Gasteiger partial charge in [-0.25, -0.2) is 0 Å². The first-order chi connectivity index (χ1) is 6.65. The molecule has 1 atom stereocenters. The zero-order valence-electron chi connectivity index (χ0n) is 9.05. The highest BCUT2D eigenvalue weighted by molar-refractivity contribution is 7.80. The first kappa shape index (κ1) is 10.2. The monoisotopic (exact) mass is 213 g/mol. The predicted octanol–water partition coefficient (Wildman–Crippen LogP) is 0.518. The standard InChI is InChI=1S/C10H19N3S/c1-11-9(14)13-6-4-10(8-13)3-5-12(2)7-10/h3-8H2,1-2H3,(H,11,14). The average Bonchev–Trinajstić information content (AvgIpc) is 2.74. The molecule has 1 unspecified atom stereocenters. The summed E-state index contributed by atoms with van der Waals surface area (Å²) in [6.45, 7) is 4.78. The molecular weight excluding hydrogens is 194 g/mol. The molecular formula is C10H19N3S. The van der Waals surface area contributed by atoms with Crippen LogP contribution in [0.25, 0.3) is 0 Å². The summed E-state index contributed by atoms with van der Waals surface area (Å²) in [4.78, 5) is 4.75. The van der Waals surface area contributed by atoms with Crippen LogP contribution in [0.1, 0.15) is 12.8 Å². The van der Waals surface area contributed by atoms with Crippen molar-refractivity contribution in [3.8, 4) is 0 Å². The molecule has 0 amide bonds. The number of rotatable bonds is 0. The molecule has 0 aromatic carbocycles. The van der Waals surface area contributed by atoms with Crippen LogP contribution in [0.4, 0.5) is 0 Å². The van der Waals surface area contributed by atoms with Crippen LogP contribution < -0.4 is 5.32 Å². The maximum absolute atomic E-state index is 5.26. The summed E-state index contributed by atoms with van der Waals surface area (Å²) >= 11 is 5.26. The van der Waals surface area contributed by atoms with E-state index in [0.717, 1.165) is 18.2 Å². The Labute approximate surface area is 91.4 Å². The molecule has 1 spiro atoms. The van der Waals surface area contributed by atoms with E-state index in [-0.39, 0.29) is 0 Å². The fourth-order valence-corrected chi connectivity index (χ4v) is 2.91. The van der Waals surface area contributed by atoms with E-state index in [9.17, 15) is 0 Å². The van der Waals surface area contributed by atoms with E-state index < -0.39 is 0 Å². The lowest BCUT2D eigenvalue weighted by Crippen LogP contribution is -2.38. The van der Waals surface area contributed by atoms with Gasteiger partial charge in [0.15, 0.2) is 5.11 Å². The van der Waals surface area contributed by atoms with E-state index >= 15 is 0 Å². The number of likely N-dealkylation sites (tertiary alicyclic amines) is 2. The van der Waals surface area contributed by atoms with Crippen molar-refractivity contribution in [2.75, 3.05) is 40.3 Å². The molecule has 1 N–H and O–H groups in total. The normalized spacial score (nSPS) is 32.9. The quantitative estimate of drug-likeness (QED) is 0.591. The average molecular weight is 213 g/mol. The Bertz CT molecular complexity index is 244. The van der Waals surface area contributed by atoms with Crippen LogP contribution in [0.15, 0.2) is 0 Å². The smallest absolute Gasteiger partial charge is 0.168 e. The van der Waals surface area contributed by atoms with Crippen LogP contribution in [-0.4, -0.2) is 55.2 Å². The number of nitrogens with one attached hydrogen (secondary N) is 1. The third kappa shape index (κ3) is 1.73. The summed E-state index contributed by atoms with van der Waals surface area (Å²) in [6.07, 6.45) is 2.64. The number of thiocarbonyl (C=S) groups is 1. The van der Waals surface area contributed by atoms with Crippen molar-refractivity contribution in [1.82, 2.24) is 15.1 Å². The molecule has 0 aromatic heterocycles. The van der Waals surface area contributed by atoms with Gasteiger partial charge < -0.3 is 15.1 Å². The lowest BCUT2D eigenvalue weighted by molar-refractivity contribution is 0.292. The van der Waals surface area contributed by atoms with Gasteiger partial charge in [-0.2, -0.15) is 0 Å². The molecule has 0 saturated carbocycles. The Morgan fingerprint density at radius 1 is 1.29 bits per heavy atom. The Balaban J connectivity index is 1.97. The molecule has 14 heavy (non-hydrogen) atoms. The summed E-state index contributed by atoms with van der Waals surface area (Å²) in [7, 11) is 4.13. The van der Waals surface area contributed by atoms with Gasteiger partial charge in [-0.05, 0) is 38.7 Å². The Hall–Kier alpha value is -0.350. The first-order valence-corrected chi connectivity index (χ1v) is 5.71. The zero-order valence-corrected chi connectivity index (χ0v) is 9.86. The topological polar surface area (TPSA) is 18.5 Å². The van der Waals surface area contributed by atoms with Gasteiger partial charge in [-0.15, -0.1) is 0 Å². The van der Waals surface area contributed by atoms with E-state index in [1.807, 2.05) is 7.05 Å². The van der Waals surface area contributed by atoms with Crippen LogP contribution in [0.2, 0.25) is 0 Å². The molecule has 2 rings (SSSR count). The highest BCUT2D eigenvalue weighted by Crippen LogP contribution is 2.38. The third-order valence-corrected chi connectivity index (χ3v) is 4.03. The van der Waals surface area contributed by atoms with Crippen molar-refractivity contribution in [3.63, 3.8) is 0 Å². The molecule has 0 aromatic rings. The molecule has 80 valence electrons. The number of nitrogens with zero attached hydrogens (tertiary/aromatic N) is 2. The largest absolute Gasteiger partial charge is 0.366 e. The van der Waals surface area contributed by atoms with Crippen molar-refractivity contribution in [3.05, 3.63) is 0 Å². The maximum Gasteiger partial charge on any atom is 0.168 e. The van der Waals surface area contributed by atoms with Crippen molar-refractivity contribution in [1.29, 1.82) is 0 Å². The SMILES string of the molecule is CNC(=S)N1CCC2(CCN(C)C2)C1. The molecule has 0 bridgehead atoms. The molecule has 2 aliphatic rings. The lowest BCUT2D eigenvalue weighted by atomic mass is 9.86. The predicted molar refractivity (Wildman–Crippen MR) is 62.4 cm³/mol.